The van der Waals surface area contributed by atoms with E-state index >= 15 is 0 Å². The van der Waals surface area contributed by atoms with E-state index in [0.29, 0.717) is 28.8 Å². The smallest absolute Gasteiger partial charge is 0.120 e. The van der Waals surface area contributed by atoms with Crippen LogP contribution >= 0.6 is 23.2 Å². The monoisotopic (exact) mass is 249 g/mol. The topological polar surface area (TPSA) is 55.5 Å². The highest BCUT2D eigenvalue weighted by atomic mass is 35.5. The molecule has 0 aliphatic heterocycles. The Hall–Kier alpha value is -0.480. The van der Waals surface area contributed by atoms with E-state index in [2.05, 4.69) is 0 Å². The molecular formula is C10H13Cl2NO2. The zero-order chi connectivity index (χ0) is 11.3. The zero-order valence-electron chi connectivity index (χ0n) is 8.12. The molecule has 15 heavy (non-hydrogen) atoms. The fourth-order valence-corrected chi connectivity index (χ4v) is 1.29. The number of aliphatic hydroxyl groups excluding tert-OH is 1. The second-order valence-corrected chi connectivity index (χ2v) is 3.92. The maximum absolute atomic E-state index is 9.18. The van der Waals surface area contributed by atoms with E-state index in [1.165, 1.54) is 0 Å². The first-order valence-electron chi connectivity index (χ1n) is 4.59. The Bertz CT molecular complexity index is 320. The molecule has 1 atom stereocenters. The van der Waals surface area contributed by atoms with Gasteiger partial charge < -0.3 is 15.6 Å². The van der Waals surface area contributed by atoms with Gasteiger partial charge in [0.2, 0.25) is 0 Å². The summed E-state index contributed by atoms with van der Waals surface area (Å²) in [5.74, 6) is 0.633. The molecule has 0 saturated carbocycles. The number of benzene rings is 1. The second-order valence-electron chi connectivity index (χ2n) is 3.10. The van der Waals surface area contributed by atoms with Crippen molar-refractivity contribution in [2.24, 2.45) is 5.73 Å². The van der Waals surface area contributed by atoms with E-state index in [1.54, 1.807) is 18.2 Å². The van der Waals surface area contributed by atoms with Crippen LogP contribution in [0.4, 0.5) is 0 Å². The van der Waals surface area contributed by atoms with Crippen LogP contribution in [0.5, 0.6) is 5.75 Å². The lowest BCUT2D eigenvalue weighted by atomic mass is 10.3. The van der Waals surface area contributed by atoms with Gasteiger partial charge >= 0.3 is 0 Å². The third-order valence-corrected chi connectivity index (χ3v) is 2.62. The van der Waals surface area contributed by atoms with E-state index < -0.39 is 6.10 Å². The van der Waals surface area contributed by atoms with Crippen molar-refractivity contribution in [1.29, 1.82) is 0 Å². The molecule has 0 saturated heterocycles. The Morgan fingerprint density at radius 1 is 1.33 bits per heavy atom. The van der Waals surface area contributed by atoms with Crippen molar-refractivity contribution < 1.29 is 9.84 Å². The average Bonchev–Trinajstić information content (AvgIpc) is 2.23. The summed E-state index contributed by atoms with van der Waals surface area (Å²) in [5.41, 5.74) is 5.25. The Balaban J connectivity index is 2.41. The molecule has 0 fully saturated rings. The van der Waals surface area contributed by atoms with Crippen molar-refractivity contribution in [3.63, 3.8) is 0 Å². The summed E-state index contributed by atoms with van der Waals surface area (Å²) in [7, 11) is 0. The summed E-state index contributed by atoms with van der Waals surface area (Å²) in [4.78, 5) is 0. The molecule has 0 spiro atoms. The number of nitrogens with two attached hydrogens (primary N) is 1. The first-order chi connectivity index (χ1) is 7.13. The number of halogens is 2. The predicted molar refractivity (Wildman–Crippen MR) is 61.6 cm³/mol. The van der Waals surface area contributed by atoms with Crippen LogP contribution in [0.1, 0.15) is 6.42 Å². The molecule has 0 aliphatic carbocycles. The summed E-state index contributed by atoms with van der Waals surface area (Å²) in [6, 6.07) is 5.03. The molecule has 1 rings (SSSR count). The number of rotatable bonds is 5. The molecule has 1 aromatic carbocycles. The molecule has 0 aliphatic rings. The second kappa shape index (κ2) is 6.18. The Kier molecular flexibility index (Phi) is 5.19. The molecule has 0 radical (unpaired) electrons. The highest BCUT2D eigenvalue weighted by Gasteiger charge is 2.03. The molecule has 1 unspecified atom stereocenters. The number of ether oxygens (including phenoxy) is 1. The Morgan fingerprint density at radius 2 is 2.07 bits per heavy atom. The third-order valence-electron chi connectivity index (χ3n) is 1.88. The lowest BCUT2D eigenvalue weighted by molar-refractivity contribution is 0.146. The van der Waals surface area contributed by atoms with Gasteiger partial charge in [0.05, 0.1) is 22.8 Å². The van der Waals surface area contributed by atoms with Gasteiger partial charge in [0, 0.05) is 19.0 Å². The first kappa shape index (κ1) is 12.6. The average molecular weight is 250 g/mol. The van der Waals surface area contributed by atoms with Crippen LogP contribution in [-0.4, -0.2) is 24.4 Å². The van der Waals surface area contributed by atoms with E-state index in [9.17, 15) is 5.11 Å². The van der Waals surface area contributed by atoms with Gasteiger partial charge in [-0.15, -0.1) is 0 Å². The van der Waals surface area contributed by atoms with Gasteiger partial charge in [-0.3, -0.25) is 0 Å². The third kappa shape index (κ3) is 4.26. The fourth-order valence-electron chi connectivity index (χ4n) is 0.997. The highest BCUT2D eigenvalue weighted by Crippen LogP contribution is 2.26. The quantitative estimate of drug-likeness (QED) is 0.841. The number of hydrogen-bond donors (Lipinski definition) is 2. The number of hydrogen-bond acceptors (Lipinski definition) is 3. The van der Waals surface area contributed by atoms with Crippen LogP contribution < -0.4 is 10.5 Å². The van der Waals surface area contributed by atoms with Crippen molar-refractivity contribution in [2.45, 2.75) is 12.5 Å². The van der Waals surface area contributed by atoms with Crippen LogP contribution in [0.2, 0.25) is 10.0 Å². The van der Waals surface area contributed by atoms with Crippen LogP contribution in [0.25, 0.3) is 0 Å². The molecule has 5 heteroatoms. The standard InChI is InChI=1S/C10H13Cl2NO2/c11-9-2-1-8(5-10(9)12)15-4-3-7(14)6-13/h1-2,5,7,14H,3-4,6,13H2. The normalized spacial score (nSPS) is 12.5. The molecule has 3 nitrogen and oxygen atoms in total. The van der Waals surface area contributed by atoms with Crippen molar-refractivity contribution in [2.75, 3.05) is 13.2 Å². The summed E-state index contributed by atoms with van der Waals surface area (Å²) in [5, 5.41) is 10.1. The lowest BCUT2D eigenvalue weighted by Crippen LogP contribution is -2.21. The minimum absolute atomic E-state index is 0.241. The predicted octanol–water partition coefficient (Wildman–Crippen LogP) is 2.08. The minimum atomic E-state index is -0.521. The highest BCUT2D eigenvalue weighted by molar-refractivity contribution is 6.42. The van der Waals surface area contributed by atoms with Crippen LogP contribution in [0.3, 0.4) is 0 Å². The fraction of sp³-hybridized carbons (Fsp3) is 0.400. The maximum atomic E-state index is 9.18. The van der Waals surface area contributed by atoms with Crippen LogP contribution in [0, 0.1) is 0 Å². The van der Waals surface area contributed by atoms with E-state index in [1.807, 2.05) is 0 Å². The van der Waals surface area contributed by atoms with E-state index in [4.69, 9.17) is 33.7 Å². The van der Waals surface area contributed by atoms with E-state index in [-0.39, 0.29) is 6.54 Å². The van der Waals surface area contributed by atoms with Crippen molar-refractivity contribution in [3.8, 4) is 5.75 Å². The summed E-state index contributed by atoms with van der Waals surface area (Å²) in [6.07, 6.45) is -0.0238. The minimum Gasteiger partial charge on any atom is -0.493 e. The molecular weight excluding hydrogens is 237 g/mol. The maximum Gasteiger partial charge on any atom is 0.120 e. The first-order valence-corrected chi connectivity index (χ1v) is 5.35. The van der Waals surface area contributed by atoms with Gasteiger partial charge in [-0.05, 0) is 12.1 Å². The molecule has 3 N–H and O–H groups in total. The van der Waals surface area contributed by atoms with Gasteiger partial charge in [0.25, 0.3) is 0 Å². The summed E-state index contributed by atoms with van der Waals surface area (Å²) < 4.78 is 5.36. The van der Waals surface area contributed by atoms with Gasteiger partial charge in [-0.1, -0.05) is 23.2 Å². The molecule has 1 aromatic rings. The van der Waals surface area contributed by atoms with Crippen LogP contribution in [0.15, 0.2) is 18.2 Å². The van der Waals surface area contributed by atoms with Gasteiger partial charge in [0.15, 0.2) is 0 Å². The largest absolute Gasteiger partial charge is 0.493 e. The summed E-state index contributed by atoms with van der Waals surface area (Å²) >= 11 is 11.5. The summed E-state index contributed by atoms with van der Waals surface area (Å²) in [6.45, 7) is 0.640. The molecule has 84 valence electrons. The van der Waals surface area contributed by atoms with Crippen molar-refractivity contribution in [3.05, 3.63) is 28.2 Å². The Labute approximate surface area is 98.7 Å². The lowest BCUT2D eigenvalue weighted by Gasteiger charge is -2.09. The molecule has 0 heterocycles. The van der Waals surface area contributed by atoms with Crippen molar-refractivity contribution >= 4 is 23.2 Å². The van der Waals surface area contributed by atoms with E-state index in [0.717, 1.165) is 0 Å². The van der Waals surface area contributed by atoms with Gasteiger partial charge in [0.1, 0.15) is 5.75 Å². The van der Waals surface area contributed by atoms with Crippen molar-refractivity contribution in [1.82, 2.24) is 0 Å². The van der Waals surface area contributed by atoms with Gasteiger partial charge in [-0.2, -0.15) is 0 Å². The van der Waals surface area contributed by atoms with Gasteiger partial charge in [-0.25, -0.2) is 0 Å². The zero-order valence-corrected chi connectivity index (χ0v) is 9.63. The van der Waals surface area contributed by atoms with Crippen LogP contribution in [-0.2, 0) is 0 Å². The SMILES string of the molecule is NCC(O)CCOc1ccc(Cl)c(Cl)c1. The molecule has 0 aromatic heterocycles. The molecule has 0 amide bonds. The Morgan fingerprint density at radius 3 is 2.67 bits per heavy atom. The molecule has 0 bridgehead atoms. The number of aliphatic hydroxyl groups is 1.